The van der Waals surface area contributed by atoms with Crippen molar-refractivity contribution in [2.24, 2.45) is 5.92 Å². The van der Waals surface area contributed by atoms with Gasteiger partial charge in [0, 0.05) is 59.0 Å². The molecular formula is C27H27ClFN3O. The number of alkyl halides is 1. The van der Waals surface area contributed by atoms with Gasteiger partial charge in [-0.25, -0.2) is 4.39 Å². The Labute approximate surface area is 198 Å². The summed E-state index contributed by atoms with van der Waals surface area (Å²) in [6, 6.07) is 11.1. The predicted molar refractivity (Wildman–Crippen MR) is 129 cm³/mol. The average molecular weight is 464 g/mol. The highest BCUT2D eigenvalue weighted by molar-refractivity contribution is 6.33. The van der Waals surface area contributed by atoms with E-state index in [9.17, 15) is 9.18 Å². The molecule has 3 heterocycles. The maximum atomic E-state index is 14.9. The van der Waals surface area contributed by atoms with E-state index in [4.69, 9.17) is 11.6 Å². The molecule has 2 aromatic heterocycles. The molecule has 2 fully saturated rings. The number of carbonyl (C=O) groups is 1. The molecule has 1 amide bonds. The monoisotopic (exact) mass is 463 g/mol. The maximum absolute atomic E-state index is 14.9. The van der Waals surface area contributed by atoms with Crippen LogP contribution in [0.3, 0.4) is 0 Å². The number of pyridine rings is 2. The Hall–Kier alpha value is -2.79. The summed E-state index contributed by atoms with van der Waals surface area (Å²) in [7, 11) is 0. The first kappa shape index (κ1) is 22.0. The van der Waals surface area contributed by atoms with Crippen LogP contribution in [0.25, 0.3) is 22.3 Å². The lowest BCUT2D eigenvalue weighted by atomic mass is 9.79. The molecule has 3 aromatic rings. The van der Waals surface area contributed by atoms with Crippen molar-refractivity contribution in [3.63, 3.8) is 0 Å². The van der Waals surface area contributed by atoms with E-state index in [1.807, 2.05) is 35.2 Å². The van der Waals surface area contributed by atoms with E-state index in [2.05, 4.69) is 16.9 Å². The summed E-state index contributed by atoms with van der Waals surface area (Å²) < 4.78 is 14.9. The maximum Gasteiger partial charge on any atom is 0.253 e. The van der Waals surface area contributed by atoms with E-state index in [0.717, 1.165) is 54.6 Å². The Morgan fingerprint density at radius 1 is 1.06 bits per heavy atom. The molecule has 1 aliphatic heterocycles. The fourth-order valence-electron chi connectivity index (χ4n) is 4.62. The van der Waals surface area contributed by atoms with Crippen LogP contribution in [-0.2, 0) is 5.67 Å². The van der Waals surface area contributed by atoms with Gasteiger partial charge >= 0.3 is 0 Å². The molecule has 33 heavy (non-hydrogen) atoms. The number of amides is 1. The number of piperidine rings is 1. The molecule has 0 atom stereocenters. The standard InChI is InChI=1S/C27H27ClFN3O/c1-18-6-11-32(12-7-18)26(33)20-3-4-23(24(28)14-20)22-13-21(16-30-17-22)19-5-10-31-25(15-19)27(29)8-2-9-27/h3-5,10,13-18H,2,6-9,11-12H2,1H3. The molecule has 0 radical (unpaired) electrons. The van der Waals surface area contributed by atoms with Gasteiger partial charge in [-0.1, -0.05) is 24.6 Å². The summed E-state index contributed by atoms with van der Waals surface area (Å²) in [4.78, 5) is 23.5. The smallest absolute Gasteiger partial charge is 0.253 e. The molecule has 170 valence electrons. The zero-order valence-corrected chi connectivity index (χ0v) is 19.5. The molecule has 5 rings (SSSR count). The zero-order chi connectivity index (χ0) is 23.0. The first-order valence-corrected chi connectivity index (χ1v) is 12.0. The normalized spacial score (nSPS) is 18.1. The van der Waals surface area contributed by atoms with Crippen LogP contribution >= 0.6 is 11.6 Å². The van der Waals surface area contributed by atoms with Crippen molar-refractivity contribution in [3.05, 3.63) is 71.3 Å². The zero-order valence-electron chi connectivity index (χ0n) is 18.7. The van der Waals surface area contributed by atoms with Gasteiger partial charge in [0.25, 0.3) is 5.91 Å². The molecule has 1 saturated heterocycles. The Morgan fingerprint density at radius 2 is 1.82 bits per heavy atom. The van der Waals surface area contributed by atoms with Crippen LogP contribution in [0.5, 0.6) is 0 Å². The Bertz CT molecular complexity index is 1190. The number of hydrogen-bond acceptors (Lipinski definition) is 3. The Balaban J connectivity index is 1.40. The highest BCUT2D eigenvalue weighted by Gasteiger charge is 2.40. The van der Waals surface area contributed by atoms with Crippen LogP contribution in [0.2, 0.25) is 5.02 Å². The number of aromatic nitrogens is 2. The number of halogens is 2. The van der Waals surface area contributed by atoms with Crippen LogP contribution in [0.15, 0.2) is 55.0 Å². The second-order valence-corrected chi connectivity index (χ2v) is 9.79. The molecule has 0 N–H and O–H groups in total. The highest BCUT2D eigenvalue weighted by atomic mass is 35.5. The number of carbonyl (C=O) groups excluding carboxylic acids is 1. The molecule has 0 unspecified atom stereocenters. The van der Waals surface area contributed by atoms with E-state index in [-0.39, 0.29) is 5.91 Å². The summed E-state index contributed by atoms with van der Waals surface area (Å²) in [6.07, 6.45) is 9.20. The summed E-state index contributed by atoms with van der Waals surface area (Å²) in [5.41, 5.74) is 3.20. The van der Waals surface area contributed by atoms with Crippen LogP contribution < -0.4 is 0 Å². The van der Waals surface area contributed by atoms with Gasteiger partial charge in [0.1, 0.15) is 0 Å². The second kappa shape index (κ2) is 8.86. The molecule has 6 heteroatoms. The molecular weight excluding hydrogens is 437 g/mol. The minimum Gasteiger partial charge on any atom is -0.339 e. The van der Waals surface area contributed by atoms with Crippen molar-refractivity contribution in [2.45, 2.75) is 44.7 Å². The lowest BCUT2D eigenvalue weighted by Crippen LogP contribution is -2.37. The van der Waals surface area contributed by atoms with Crippen LogP contribution in [0, 0.1) is 5.92 Å². The van der Waals surface area contributed by atoms with Crippen molar-refractivity contribution in [1.29, 1.82) is 0 Å². The van der Waals surface area contributed by atoms with E-state index in [1.54, 1.807) is 24.7 Å². The van der Waals surface area contributed by atoms with Gasteiger partial charge in [0.05, 0.1) is 5.69 Å². The third-order valence-corrected chi connectivity index (χ3v) is 7.35. The Kier molecular flexibility index (Phi) is 5.92. The van der Waals surface area contributed by atoms with Gasteiger partial charge in [0.2, 0.25) is 0 Å². The van der Waals surface area contributed by atoms with Crippen LogP contribution in [-0.4, -0.2) is 33.9 Å². The van der Waals surface area contributed by atoms with E-state index in [0.29, 0.717) is 35.0 Å². The van der Waals surface area contributed by atoms with E-state index >= 15 is 0 Å². The first-order valence-electron chi connectivity index (χ1n) is 11.6. The van der Waals surface area contributed by atoms with Gasteiger partial charge in [-0.2, -0.15) is 0 Å². The molecule has 4 nitrogen and oxygen atoms in total. The second-order valence-electron chi connectivity index (χ2n) is 9.38. The largest absolute Gasteiger partial charge is 0.339 e. The number of hydrogen-bond donors (Lipinski definition) is 0. The quantitative estimate of drug-likeness (QED) is 0.433. The van der Waals surface area contributed by atoms with Gasteiger partial charge in [0.15, 0.2) is 5.67 Å². The average Bonchev–Trinajstić information content (AvgIpc) is 2.82. The van der Waals surface area contributed by atoms with Crippen LogP contribution in [0.4, 0.5) is 4.39 Å². The van der Waals surface area contributed by atoms with Crippen LogP contribution in [0.1, 0.15) is 55.1 Å². The van der Waals surface area contributed by atoms with Gasteiger partial charge in [-0.15, -0.1) is 0 Å². The lowest BCUT2D eigenvalue weighted by Gasteiger charge is -2.33. The third kappa shape index (κ3) is 4.39. The summed E-state index contributed by atoms with van der Waals surface area (Å²) in [5.74, 6) is 0.697. The van der Waals surface area contributed by atoms with Crippen molar-refractivity contribution < 1.29 is 9.18 Å². The van der Waals surface area contributed by atoms with Gasteiger partial charge in [-0.05, 0) is 73.9 Å². The molecule has 0 spiro atoms. The molecule has 1 aromatic carbocycles. The molecule has 0 bridgehead atoms. The minimum atomic E-state index is -1.31. The first-order chi connectivity index (χ1) is 15.9. The topological polar surface area (TPSA) is 46.1 Å². The van der Waals surface area contributed by atoms with Gasteiger partial charge in [-0.3, -0.25) is 14.8 Å². The molecule has 1 saturated carbocycles. The fraction of sp³-hybridized carbons (Fsp3) is 0.370. The Morgan fingerprint density at radius 3 is 2.52 bits per heavy atom. The SMILES string of the molecule is CC1CCN(C(=O)c2ccc(-c3cncc(-c4ccnc(C5(F)CCC5)c4)c3)c(Cl)c2)CC1. The number of likely N-dealkylation sites (tertiary alicyclic amines) is 1. The molecule has 2 aliphatic rings. The van der Waals surface area contributed by atoms with Crippen molar-refractivity contribution in [2.75, 3.05) is 13.1 Å². The lowest BCUT2D eigenvalue weighted by molar-refractivity contribution is 0.0560. The van der Waals surface area contributed by atoms with Crippen molar-refractivity contribution in [3.8, 4) is 22.3 Å². The van der Waals surface area contributed by atoms with Crippen molar-refractivity contribution >= 4 is 17.5 Å². The van der Waals surface area contributed by atoms with E-state index in [1.165, 1.54) is 0 Å². The fourth-order valence-corrected chi connectivity index (χ4v) is 4.91. The number of benzene rings is 1. The third-order valence-electron chi connectivity index (χ3n) is 7.03. The highest BCUT2D eigenvalue weighted by Crippen LogP contribution is 2.44. The van der Waals surface area contributed by atoms with Crippen molar-refractivity contribution in [1.82, 2.24) is 14.9 Å². The summed E-state index contributed by atoms with van der Waals surface area (Å²) in [6.45, 7) is 3.81. The predicted octanol–water partition coefficient (Wildman–Crippen LogP) is 6.68. The summed E-state index contributed by atoms with van der Waals surface area (Å²) in [5, 5.41) is 0.512. The minimum absolute atomic E-state index is 0.0303. The summed E-state index contributed by atoms with van der Waals surface area (Å²) >= 11 is 6.62. The van der Waals surface area contributed by atoms with E-state index < -0.39 is 5.67 Å². The number of nitrogens with zero attached hydrogens (tertiary/aromatic N) is 3. The van der Waals surface area contributed by atoms with Gasteiger partial charge < -0.3 is 4.90 Å². The molecule has 1 aliphatic carbocycles. The number of rotatable bonds is 4.